The Morgan fingerprint density at radius 3 is 1.17 bits per heavy atom. The summed E-state index contributed by atoms with van der Waals surface area (Å²) < 4.78 is 18.7. The molecule has 2 aliphatic rings. The summed E-state index contributed by atoms with van der Waals surface area (Å²) in [5.74, 6) is 0. The number of hydrogen-bond donors (Lipinski definition) is 0. The highest BCUT2D eigenvalue weighted by Gasteiger charge is 2.45. The van der Waals surface area contributed by atoms with Gasteiger partial charge in [0.1, 0.15) is 24.4 Å². The minimum absolute atomic E-state index is 0.0674. The summed E-state index contributed by atoms with van der Waals surface area (Å²) in [6, 6.07) is 22.7. The molecule has 4 aromatic carbocycles. The van der Waals surface area contributed by atoms with Crippen LogP contribution in [0.4, 0.5) is 0 Å². The molecular weight excluding hydrogens is 504 g/mol. The predicted molar refractivity (Wildman–Crippen MR) is 168 cm³/mol. The van der Waals surface area contributed by atoms with E-state index in [-0.39, 0.29) is 24.4 Å². The Labute approximate surface area is 245 Å². The van der Waals surface area contributed by atoms with Gasteiger partial charge in [0.15, 0.2) is 0 Å². The first kappa shape index (κ1) is 27.9. The minimum atomic E-state index is 0.0674. The van der Waals surface area contributed by atoms with Crippen LogP contribution in [0.3, 0.4) is 0 Å². The molecule has 2 heterocycles. The van der Waals surface area contributed by atoms with Gasteiger partial charge in [-0.1, -0.05) is 94.0 Å². The average Bonchev–Trinajstić information content (AvgIpc) is 3.79. The summed E-state index contributed by atoms with van der Waals surface area (Å²) in [7, 11) is 0. The first-order valence-corrected chi connectivity index (χ1v) is 14.9. The summed E-state index contributed by atoms with van der Waals surface area (Å²) in [6.07, 6.45) is 0.283. The van der Waals surface area contributed by atoms with Crippen molar-refractivity contribution in [2.45, 2.75) is 79.8 Å². The number of epoxide rings is 2. The Kier molecular flexibility index (Phi) is 7.40. The first-order valence-electron chi connectivity index (χ1n) is 14.9. The maximum Gasteiger partial charge on any atom is 0.112 e. The molecule has 0 N–H and O–H groups in total. The van der Waals surface area contributed by atoms with E-state index in [9.17, 15) is 0 Å². The average molecular weight is 547 g/mol. The van der Waals surface area contributed by atoms with Crippen LogP contribution in [0.25, 0.3) is 22.3 Å². The summed E-state index contributed by atoms with van der Waals surface area (Å²) >= 11 is 0. The van der Waals surface area contributed by atoms with Crippen LogP contribution >= 0.6 is 0 Å². The standard InChI is InChI=1S/C38H42O3/c1-21-9-22(2)14-29(13-21)31-17-25(5)11-27(7)35(31)37-33(40-37)19-39-20-34-38(41-34)36-28(8)12-26(6)18-32(36)30-15-23(3)10-24(4)16-30/h9-18,33-34,37-38H,19-20H2,1-8H3. The van der Waals surface area contributed by atoms with E-state index in [1.165, 1.54) is 77.9 Å². The second-order valence-electron chi connectivity index (χ2n) is 12.6. The molecule has 4 unspecified atom stereocenters. The van der Waals surface area contributed by atoms with Crippen molar-refractivity contribution >= 4 is 0 Å². The maximum absolute atomic E-state index is 6.23. The zero-order chi connectivity index (χ0) is 29.0. The van der Waals surface area contributed by atoms with E-state index in [0.717, 1.165) is 0 Å². The van der Waals surface area contributed by atoms with Gasteiger partial charge in [-0.05, 0) is 99.9 Å². The predicted octanol–water partition coefficient (Wildman–Crippen LogP) is 9.08. The topological polar surface area (TPSA) is 34.3 Å². The molecule has 0 bridgehead atoms. The van der Waals surface area contributed by atoms with Gasteiger partial charge in [0.05, 0.1) is 13.2 Å². The molecule has 3 nitrogen and oxygen atoms in total. The number of hydrogen-bond acceptors (Lipinski definition) is 3. The Hall–Kier alpha value is -3.24. The second-order valence-corrected chi connectivity index (χ2v) is 12.6. The highest BCUT2D eigenvalue weighted by atomic mass is 16.6. The van der Waals surface area contributed by atoms with Crippen molar-refractivity contribution in [1.29, 1.82) is 0 Å². The van der Waals surface area contributed by atoms with E-state index in [2.05, 4.69) is 116 Å². The molecule has 41 heavy (non-hydrogen) atoms. The molecule has 0 amide bonds. The Balaban J connectivity index is 1.14. The zero-order valence-electron chi connectivity index (χ0n) is 25.7. The fraction of sp³-hybridized carbons (Fsp3) is 0.368. The lowest BCUT2D eigenvalue weighted by atomic mass is 9.89. The highest BCUT2D eigenvalue weighted by molar-refractivity contribution is 5.73. The molecule has 2 saturated heterocycles. The highest BCUT2D eigenvalue weighted by Crippen LogP contribution is 2.48. The quantitative estimate of drug-likeness (QED) is 0.207. The summed E-state index contributed by atoms with van der Waals surface area (Å²) in [5, 5.41) is 0. The van der Waals surface area contributed by atoms with Crippen LogP contribution in [0.2, 0.25) is 0 Å². The van der Waals surface area contributed by atoms with Crippen LogP contribution in [0.5, 0.6) is 0 Å². The van der Waals surface area contributed by atoms with Crippen LogP contribution in [0.1, 0.15) is 67.8 Å². The lowest BCUT2D eigenvalue weighted by Gasteiger charge is -2.15. The van der Waals surface area contributed by atoms with Gasteiger partial charge in [0.25, 0.3) is 0 Å². The van der Waals surface area contributed by atoms with E-state index >= 15 is 0 Å². The SMILES string of the molecule is Cc1cc(C)cc(-c2cc(C)cc(C)c2C2OC2COCC2OC2c2c(C)cc(C)cc2-c2cc(C)cc(C)c2)c1. The Morgan fingerprint density at radius 1 is 0.463 bits per heavy atom. The van der Waals surface area contributed by atoms with E-state index in [4.69, 9.17) is 14.2 Å². The van der Waals surface area contributed by atoms with Gasteiger partial charge >= 0.3 is 0 Å². The van der Waals surface area contributed by atoms with Crippen molar-refractivity contribution in [2.75, 3.05) is 13.2 Å². The van der Waals surface area contributed by atoms with Crippen molar-refractivity contribution in [1.82, 2.24) is 0 Å². The van der Waals surface area contributed by atoms with E-state index in [1.54, 1.807) is 0 Å². The summed E-state index contributed by atoms with van der Waals surface area (Å²) in [4.78, 5) is 0. The summed E-state index contributed by atoms with van der Waals surface area (Å²) in [6.45, 7) is 18.6. The lowest BCUT2D eigenvalue weighted by molar-refractivity contribution is 0.102. The number of ether oxygens (including phenoxy) is 3. The molecule has 3 heteroatoms. The molecule has 0 radical (unpaired) electrons. The number of rotatable bonds is 8. The van der Waals surface area contributed by atoms with Crippen molar-refractivity contribution < 1.29 is 14.2 Å². The largest absolute Gasteiger partial charge is 0.376 e. The normalized spacial score (nSPS) is 21.3. The molecule has 4 atom stereocenters. The molecule has 212 valence electrons. The zero-order valence-corrected chi connectivity index (χ0v) is 25.7. The van der Waals surface area contributed by atoms with Crippen LogP contribution in [0.15, 0.2) is 60.7 Å². The van der Waals surface area contributed by atoms with Crippen molar-refractivity contribution in [3.8, 4) is 22.3 Å². The Bertz CT molecular complexity index is 1470. The monoisotopic (exact) mass is 546 g/mol. The fourth-order valence-electron chi connectivity index (χ4n) is 6.80. The number of aryl methyl sites for hydroxylation is 8. The molecule has 0 spiro atoms. The van der Waals surface area contributed by atoms with Gasteiger partial charge < -0.3 is 14.2 Å². The van der Waals surface area contributed by atoms with Gasteiger partial charge in [0.2, 0.25) is 0 Å². The maximum atomic E-state index is 6.23. The fourth-order valence-corrected chi connectivity index (χ4v) is 6.80. The lowest BCUT2D eigenvalue weighted by Crippen LogP contribution is -2.09. The molecule has 0 aliphatic carbocycles. The van der Waals surface area contributed by atoms with E-state index < -0.39 is 0 Å². The van der Waals surface area contributed by atoms with Gasteiger partial charge in [-0.25, -0.2) is 0 Å². The van der Waals surface area contributed by atoms with Crippen LogP contribution in [0, 0.1) is 55.4 Å². The van der Waals surface area contributed by atoms with Gasteiger partial charge in [-0.3, -0.25) is 0 Å². The van der Waals surface area contributed by atoms with Gasteiger partial charge in [-0.15, -0.1) is 0 Å². The van der Waals surface area contributed by atoms with Crippen LogP contribution < -0.4 is 0 Å². The second kappa shape index (κ2) is 10.9. The summed E-state index contributed by atoms with van der Waals surface area (Å²) in [5.41, 5.74) is 17.9. The third-order valence-corrected chi connectivity index (χ3v) is 8.43. The van der Waals surface area contributed by atoms with Crippen LogP contribution in [-0.2, 0) is 14.2 Å². The third-order valence-electron chi connectivity index (χ3n) is 8.43. The van der Waals surface area contributed by atoms with Crippen molar-refractivity contribution in [3.63, 3.8) is 0 Å². The molecule has 2 aliphatic heterocycles. The van der Waals surface area contributed by atoms with Crippen LogP contribution in [-0.4, -0.2) is 25.4 Å². The molecular formula is C38H42O3. The van der Waals surface area contributed by atoms with Crippen molar-refractivity contribution in [3.05, 3.63) is 116 Å². The minimum Gasteiger partial charge on any atom is -0.376 e. The molecule has 6 rings (SSSR count). The van der Waals surface area contributed by atoms with Crippen molar-refractivity contribution in [2.24, 2.45) is 0 Å². The molecule has 2 fully saturated rings. The molecule has 4 aromatic rings. The molecule has 0 aromatic heterocycles. The number of benzene rings is 4. The Morgan fingerprint density at radius 2 is 0.805 bits per heavy atom. The van der Waals surface area contributed by atoms with Gasteiger partial charge in [0, 0.05) is 0 Å². The van der Waals surface area contributed by atoms with E-state index in [0.29, 0.717) is 13.2 Å². The van der Waals surface area contributed by atoms with Gasteiger partial charge in [-0.2, -0.15) is 0 Å². The van der Waals surface area contributed by atoms with E-state index in [1.807, 2.05) is 0 Å². The third kappa shape index (κ3) is 5.90. The smallest absolute Gasteiger partial charge is 0.112 e. The first-order chi connectivity index (χ1) is 19.6. The molecule has 0 saturated carbocycles.